The zero-order valence-corrected chi connectivity index (χ0v) is 12.5. The summed E-state index contributed by atoms with van der Waals surface area (Å²) in [5, 5.41) is 9.51. The van der Waals surface area contributed by atoms with Gasteiger partial charge in [0.1, 0.15) is 6.04 Å². The average molecular weight is 284 g/mol. The van der Waals surface area contributed by atoms with Gasteiger partial charge in [0.15, 0.2) is 0 Å². The predicted octanol–water partition coefficient (Wildman–Crippen LogP) is 1.40. The van der Waals surface area contributed by atoms with E-state index in [1.54, 1.807) is 4.90 Å². The van der Waals surface area contributed by atoms with E-state index in [2.05, 4.69) is 0 Å². The van der Waals surface area contributed by atoms with Crippen molar-refractivity contribution in [2.24, 2.45) is 5.41 Å². The maximum absolute atomic E-state index is 12.6. The van der Waals surface area contributed by atoms with Crippen LogP contribution < -0.4 is 0 Å². The number of carbonyl (C=O) groups is 2. The number of nitrogens with zero attached hydrogens (tertiary/aromatic N) is 2. The van der Waals surface area contributed by atoms with E-state index in [0.717, 1.165) is 12.8 Å². The molecule has 2 atom stereocenters. The topological polar surface area (TPSA) is 70.1 Å². The molecule has 0 aromatic rings. The second-order valence-electron chi connectivity index (χ2n) is 6.44. The lowest BCUT2D eigenvalue weighted by Gasteiger charge is -2.46. The van der Waals surface area contributed by atoms with Crippen molar-refractivity contribution >= 4 is 12.0 Å². The Morgan fingerprint density at radius 2 is 2.00 bits per heavy atom. The van der Waals surface area contributed by atoms with Gasteiger partial charge in [-0.2, -0.15) is 0 Å². The van der Waals surface area contributed by atoms with Crippen LogP contribution in [0.4, 0.5) is 4.79 Å². The van der Waals surface area contributed by atoms with E-state index >= 15 is 0 Å². The molecule has 6 nitrogen and oxygen atoms in total. The van der Waals surface area contributed by atoms with Crippen LogP contribution in [0, 0.1) is 5.41 Å². The molecule has 0 aromatic heterocycles. The standard InChI is InChI=1S/C14H24N2O4/c1-10-9-15(7-8-20-10)13(19)16-6-4-5-14(2,3)11(16)12(17)18/h10-11H,4-9H2,1-3H3,(H,17,18). The number of hydrogen-bond donors (Lipinski definition) is 1. The number of hydrogen-bond acceptors (Lipinski definition) is 3. The molecule has 0 aromatic carbocycles. The van der Waals surface area contributed by atoms with Crippen molar-refractivity contribution in [2.45, 2.75) is 45.8 Å². The highest BCUT2D eigenvalue weighted by Gasteiger charge is 2.45. The third-order valence-corrected chi connectivity index (χ3v) is 4.26. The fourth-order valence-electron chi connectivity index (χ4n) is 3.24. The van der Waals surface area contributed by atoms with Gasteiger partial charge in [-0.15, -0.1) is 0 Å². The maximum atomic E-state index is 12.6. The molecular weight excluding hydrogens is 260 g/mol. The summed E-state index contributed by atoms with van der Waals surface area (Å²) in [6, 6.07) is -0.915. The lowest BCUT2D eigenvalue weighted by Crippen LogP contribution is -2.61. The van der Waals surface area contributed by atoms with Crippen LogP contribution in [0.3, 0.4) is 0 Å². The molecule has 2 rings (SSSR count). The molecule has 6 heteroatoms. The van der Waals surface area contributed by atoms with E-state index in [4.69, 9.17) is 4.74 Å². The first-order valence-corrected chi connectivity index (χ1v) is 7.23. The van der Waals surface area contributed by atoms with E-state index in [9.17, 15) is 14.7 Å². The Morgan fingerprint density at radius 3 is 2.60 bits per heavy atom. The van der Waals surface area contributed by atoms with E-state index in [0.29, 0.717) is 26.2 Å². The Bertz CT molecular complexity index is 397. The number of ether oxygens (including phenoxy) is 1. The highest BCUT2D eigenvalue weighted by atomic mass is 16.5. The van der Waals surface area contributed by atoms with Gasteiger partial charge in [0.25, 0.3) is 0 Å². The number of rotatable bonds is 1. The number of likely N-dealkylation sites (tertiary alicyclic amines) is 1. The lowest BCUT2D eigenvalue weighted by atomic mass is 9.76. The van der Waals surface area contributed by atoms with Gasteiger partial charge in [-0.1, -0.05) is 13.8 Å². The third kappa shape index (κ3) is 2.90. The Labute approximate surface area is 119 Å². The molecule has 2 fully saturated rings. The van der Waals surface area contributed by atoms with Gasteiger partial charge >= 0.3 is 12.0 Å². The van der Waals surface area contributed by atoms with Crippen LogP contribution in [0.2, 0.25) is 0 Å². The molecule has 0 spiro atoms. The number of urea groups is 1. The van der Waals surface area contributed by atoms with Gasteiger partial charge in [-0.3, -0.25) is 0 Å². The third-order valence-electron chi connectivity index (χ3n) is 4.26. The zero-order chi connectivity index (χ0) is 14.9. The average Bonchev–Trinajstić information content (AvgIpc) is 2.35. The molecule has 20 heavy (non-hydrogen) atoms. The summed E-state index contributed by atoms with van der Waals surface area (Å²) in [6.45, 7) is 7.87. The van der Waals surface area contributed by atoms with Crippen LogP contribution >= 0.6 is 0 Å². The van der Waals surface area contributed by atoms with Crippen LogP contribution in [-0.2, 0) is 9.53 Å². The predicted molar refractivity (Wildman–Crippen MR) is 73.5 cm³/mol. The van der Waals surface area contributed by atoms with Gasteiger partial charge in [-0.25, -0.2) is 9.59 Å². The second kappa shape index (κ2) is 5.60. The van der Waals surface area contributed by atoms with Crippen molar-refractivity contribution in [2.75, 3.05) is 26.2 Å². The lowest BCUT2D eigenvalue weighted by molar-refractivity contribution is -0.149. The Morgan fingerprint density at radius 1 is 1.30 bits per heavy atom. The Kier molecular flexibility index (Phi) is 4.22. The zero-order valence-electron chi connectivity index (χ0n) is 12.5. The normalized spacial score (nSPS) is 30.1. The van der Waals surface area contributed by atoms with Gasteiger partial charge in [0.05, 0.1) is 12.7 Å². The summed E-state index contributed by atoms with van der Waals surface area (Å²) in [7, 11) is 0. The number of carboxylic acid groups (broad SMARTS) is 1. The van der Waals surface area contributed by atoms with Gasteiger partial charge in [-0.05, 0) is 25.2 Å². The fraction of sp³-hybridized carbons (Fsp3) is 0.857. The first-order chi connectivity index (χ1) is 9.33. The highest BCUT2D eigenvalue weighted by molar-refractivity contribution is 5.83. The summed E-state index contributed by atoms with van der Waals surface area (Å²) in [6.07, 6.45) is 1.68. The number of carboxylic acids is 1. The van der Waals surface area contributed by atoms with Gasteiger partial charge in [0.2, 0.25) is 0 Å². The number of morpholine rings is 1. The number of carbonyl (C=O) groups excluding carboxylic acids is 1. The van der Waals surface area contributed by atoms with Crippen molar-refractivity contribution in [3.8, 4) is 0 Å². The summed E-state index contributed by atoms with van der Waals surface area (Å²) < 4.78 is 5.43. The SMILES string of the molecule is CC1CN(C(=O)N2CCCC(C)(C)C2C(=O)O)CCO1. The van der Waals surface area contributed by atoms with Crippen molar-refractivity contribution in [3.63, 3.8) is 0 Å². The van der Waals surface area contributed by atoms with Crippen LogP contribution in [0.15, 0.2) is 0 Å². The largest absolute Gasteiger partial charge is 0.480 e. The smallest absolute Gasteiger partial charge is 0.327 e. The van der Waals surface area contributed by atoms with E-state index in [1.807, 2.05) is 20.8 Å². The molecule has 114 valence electrons. The van der Waals surface area contributed by atoms with E-state index < -0.39 is 17.4 Å². The van der Waals surface area contributed by atoms with Crippen LogP contribution in [0.5, 0.6) is 0 Å². The molecule has 0 saturated carbocycles. The Balaban J connectivity index is 2.16. The molecule has 2 aliphatic rings. The maximum Gasteiger partial charge on any atom is 0.327 e. The van der Waals surface area contributed by atoms with E-state index in [-0.39, 0.29) is 12.1 Å². The summed E-state index contributed by atoms with van der Waals surface area (Å²) >= 11 is 0. The molecule has 0 radical (unpaired) electrons. The molecular formula is C14H24N2O4. The van der Waals surface area contributed by atoms with Crippen molar-refractivity contribution in [1.82, 2.24) is 9.80 Å². The molecule has 1 N–H and O–H groups in total. The fourth-order valence-corrected chi connectivity index (χ4v) is 3.24. The molecule has 0 bridgehead atoms. The van der Waals surface area contributed by atoms with Gasteiger partial charge < -0.3 is 19.6 Å². The molecule has 2 amide bonds. The monoisotopic (exact) mass is 284 g/mol. The minimum absolute atomic E-state index is 0.00813. The highest BCUT2D eigenvalue weighted by Crippen LogP contribution is 2.35. The molecule has 2 aliphatic heterocycles. The van der Waals surface area contributed by atoms with Crippen molar-refractivity contribution in [1.29, 1.82) is 0 Å². The summed E-state index contributed by atoms with van der Waals surface area (Å²) in [5.74, 6) is -0.913. The first-order valence-electron chi connectivity index (χ1n) is 7.23. The van der Waals surface area contributed by atoms with Crippen LogP contribution in [0.1, 0.15) is 33.6 Å². The van der Waals surface area contributed by atoms with Crippen molar-refractivity contribution < 1.29 is 19.4 Å². The van der Waals surface area contributed by atoms with Crippen LogP contribution in [0.25, 0.3) is 0 Å². The number of piperidine rings is 1. The molecule has 2 saturated heterocycles. The van der Waals surface area contributed by atoms with E-state index in [1.165, 1.54) is 4.90 Å². The molecule has 2 unspecified atom stereocenters. The van der Waals surface area contributed by atoms with Crippen molar-refractivity contribution in [3.05, 3.63) is 0 Å². The minimum Gasteiger partial charge on any atom is -0.480 e. The number of amides is 2. The van der Waals surface area contributed by atoms with Gasteiger partial charge in [0, 0.05) is 19.6 Å². The summed E-state index contributed by atoms with van der Waals surface area (Å²) in [4.78, 5) is 27.5. The first kappa shape index (κ1) is 15.1. The minimum atomic E-state index is -0.913. The second-order valence-corrected chi connectivity index (χ2v) is 6.44. The quantitative estimate of drug-likeness (QED) is 0.790. The molecule has 0 aliphatic carbocycles. The molecule has 2 heterocycles. The van der Waals surface area contributed by atoms with Crippen LogP contribution in [-0.4, -0.2) is 65.3 Å². The number of aliphatic carboxylic acids is 1. The Hall–Kier alpha value is -1.30. The summed E-state index contributed by atoms with van der Waals surface area (Å²) in [5.41, 5.74) is -0.391.